The smallest absolute Gasteiger partial charge is 0.0466 e. The van der Waals surface area contributed by atoms with Crippen molar-refractivity contribution >= 4 is 0 Å². The van der Waals surface area contributed by atoms with Gasteiger partial charge in [0.25, 0.3) is 0 Å². The topological polar surface area (TPSA) is 18.5 Å². The van der Waals surface area contributed by atoms with Crippen molar-refractivity contribution in [1.82, 2.24) is 0 Å². The van der Waals surface area contributed by atoms with Crippen molar-refractivity contribution in [3.8, 4) is 0 Å². The number of hydrogen-bond acceptors (Lipinski definition) is 2. The van der Waals surface area contributed by atoms with Crippen molar-refractivity contribution in [2.24, 2.45) is 11.8 Å². The van der Waals surface area contributed by atoms with Crippen LogP contribution in [-0.4, -0.2) is 26.4 Å². The molecule has 0 aromatic carbocycles. The van der Waals surface area contributed by atoms with Crippen LogP contribution in [0.3, 0.4) is 0 Å². The molecule has 0 aromatic rings. The first-order chi connectivity index (χ1) is 12.6. The summed E-state index contributed by atoms with van der Waals surface area (Å²) in [7, 11) is 0. The lowest BCUT2D eigenvalue weighted by Gasteiger charge is -2.07. The molecule has 0 saturated heterocycles. The Morgan fingerprint density at radius 2 is 0.654 bits per heavy atom. The van der Waals surface area contributed by atoms with E-state index >= 15 is 0 Å². The molecule has 0 bridgehead atoms. The first kappa shape index (κ1) is 25.9. The van der Waals surface area contributed by atoms with Crippen LogP contribution in [-0.2, 0) is 9.47 Å². The van der Waals surface area contributed by atoms with E-state index in [1.807, 2.05) is 0 Å². The molecule has 0 aliphatic heterocycles. The van der Waals surface area contributed by atoms with E-state index in [1.54, 1.807) is 0 Å². The molecule has 2 heteroatoms. The Labute approximate surface area is 165 Å². The molecule has 26 heavy (non-hydrogen) atoms. The van der Waals surface area contributed by atoms with Gasteiger partial charge in [-0.15, -0.1) is 0 Å². The fourth-order valence-electron chi connectivity index (χ4n) is 3.19. The SMILES string of the molecule is CC(C)CCCCCCOCCCCCCOCCCCCCC(C)C. The Balaban J connectivity index is 2.99. The lowest BCUT2D eigenvalue weighted by atomic mass is 10.0. The number of unbranched alkanes of at least 4 members (excludes halogenated alkanes) is 9. The highest BCUT2D eigenvalue weighted by Gasteiger charge is 1.97. The van der Waals surface area contributed by atoms with E-state index in [0.29, 0.717) is 0 Å². The van der Waals surface area contributed by atoms with Gasteiger partial charge < -0.3 is 9.47 Å². The van der Waals surface area contributed by atoms with Crippen LogP contribution in [0.1, 0.15) is 118 Å². The number of hydrogen-bond donors (Lipinski definition) is 0. The van der Waals surface area contributed by atoms with E-state index < -0.39 is 0 Å². The van der Waals surface area contributed by atoms with Crippen LogP contribution in [0.4, 0.5) is 0 Å². The molecule has 0 atom stereocenters. The highest BCUT2D eigenvalue weighted by Crippen LogP contribution is 2.10. The summed E-state index contributed by atoms with van der Waals surface area (Å²) in [4.78, 5) is 0. The number of rotatable bonds is 21. The van der Waals surface area contributed by atoms with E-state index in [9.17, 15) is 0 Å². The fourth-order valence-corrected chi connectivity index (χ4v) is 3.19. The summed E-state index contributed by atoms with van der Waals surface area (Å²) in [5.74, 6) is 1.72. The lowest BCUT2D eigenvalue weighted by molar-refractivity contribution is 0.117. The summed E-state index contributed by atoms with van der Waals surface area (Å²) >= 11 is 0. The molecule has 0 N–H and O–H groups in total. The van der Waals surface area contributed by atoms with E-state index in [1.165, 1.54) is 89.9 Å². The van der Waals surface area contributed by atoms with E-state index in [4.69, 9.17) is 9.47 Å². The molecule has 0 rings (SSSR count). The largest absolute Gasteiger partial charge is 0.381 e. The molecule has 0 fully saturated rings. The summed E-state index contributed by atoms with van der Waals surface area (Å²) < 4.78 is 11.5. The quantitative estimate of drug-likeness (QED) is 0.192. The van der Waals surface area contributed by atoms with E-state index in [-0.39, 0.29) is 0 Å². The molecule has 0 heterocycles. The van der Waals surface area contributed by atoms with Crippen LogP contribution in [0.15, 0.2) is 0 Å². The van der Waals surface area contributed by atoms with Gasteiger partial charge in [-0.3, -0.25) is 0 Å². The third kappa shape index (κ3) is 23.9. The van der Waals surface area contributed by atoms with Crippen LogP contribution in [0, 0.1) is 11.8 Å². The van der Waals surface area contributed by atoms with Gasteiger partial charge in [-0.25, -0.2) is 0 Å². The van der Waals surface area contributed by atoms with Crippen molar-refractivity contribution in [2.75, 3.05) is 26.4 Å². The summed E-state index contributed by atoms with van der Waals surface area (Å²) in [5, 5.41) is 0. The van der Waals surface area contributed by atoms with E-state index in [2.05, 4.69) is 27.7 Å². The van der Waals surface area contributed by atoms with Crippen molar-refractivity contribution < 1.29 is 9.47 Å². The van der Waals surface area contributed by atoms with Crippen LogP contribution in [0.5, 0.6) is 0 Å². The molecular weight excluding hydrogens is 320 g/mol. The molecular formula is C24H50O2. The van der Waals surface area contributed by atoms with Crippen molar-refractivity contribution in [1.29, 1.82) is 0 Å². The molecule has 0 aliphatic rings. The zero-order valence-corrected chi connectivity index (χ0v) is 18.7. The highest BCUT2D eigenvalue weighted by molar-refractivity contribution is 4.49. The van der Waals surface area contributed by atoms with Gasteiger partial charge in [0.15, 0.2) is 0 Å². The third-order valence-electron chi connectivity index (χ3n) is 4.97. The van der Waals surface area contributed by atoms with Crippen LogP contribution in [0.25, 0.3) is 0 Å². The zero-order valence-electron chi connectivity index (χ0n) is 18.7. The summed E-state index contributed by atoms with van der Waals surface area (Å²) in [5.41, 5.74) is 0. The van der Waals surface area contributed by atoms with Gasteiger partial charge in [0, 0.05) is 26.4 Å². The predicted molar refractivity (Wildman–Crippen MR) is 116 cm³/mol. The van der Waals surface area contributed by atoms with Gasteiger partial charge in [-0.1, -0.05) is 91.9 Å². The lowest BCUT2D eigenvalue weighted by Crippen LogP contribution is -1.99. The summed E-state index contributed by atoms with van der Waals surface area (Å²) in [6.45, 7) is 13.1. The minimum Gasteiger partial charge on any atom is -0.381 e. The first-order valence-corrected chi connectivity index (χ1v) is 11.8. The Morgan fingerprint density at radius 1 is 0.385 bits per heavy atom. The van der Waals surface area contributed by atoms with Crippen molar-refractivity contribution in [2.45, 2.75) is 118 Å². The second kappa shape index (κ2) is 21.2. The Morgan fingerprint density at radius 3 is 0.923 bits per heavy atom. The standard InChI is InChI=1S/C24H50O2/c1-23(2)17-11-5-7-13-19-25-21-15-9-10-16-22-26-20-14-8-6-12-18-24(3)4/h23-24H,5-22H2,1-4H3. The van der Waals surface area contributed by atoms with Gasteiger partial charge in [0.2, 0.25) is 0 Å². The maximum Gasteiger partial charge on any atom is 0.0466 e. The molecule has 0 spiro atoms. The first-order valence-electron chi connectivity index (χ1n) is 11.8. The molecule has 0 aliphatic carbocycles. The molecule has 0 aromatic heterocycles. The van der Waals surface area contributed by atoms with Crippen LogP contribution < -0.4 is 0 Å². The maximum absolute atomic E-state index is 5.74. The summed E-state index contributed by atoms with van der Waals surface area (Å²) in [6, 6.07) is 0. The fraction of sp³-hybridized carbons (Fsp3) is 1.00. The third-order valence-corrected chi connectivity index (χ3v) is 4.97. The monoisotopic (exact) mass is 370 g/mol. The molecule has 2 nitrogen and oxygen atoms in total. The molecule has 158 valence electrons. The average molecular weight is 371 g/mol. The van der Waals surface area contributed by atoms with Crippen LogP contribution in [0.2, 0.25) is 0 Å². The average Bonchev–Trinajstić information content (AvgIpc) is 2.59. The Hall–Kier alpha value is -0.0800. The van der Waals surface area contributed by atoms with Crippen molar-refractivity contribution in [3.05, 3.63) is 0 Å². The van der Waals surface area contributed by atoms with Gasteiger partial charge in [0.05, 0.1) is 0 Å². The van der Waals surface area contributed by atoms with Gasteiger partial charge in [0.1, 0.15) is 0 Å². The maximum atomic E-state index is 5.74. The summed E-state index contributed by atoms with van der Waals surface area (Å²) in [6.07, 6.45) is 18.4. The second-order valence-corrected chi connectivity index (χ2v) is 8.83. The predicted octanol–water partition coefficient (Wildman–Crippen LogP) is 7.79. The van der Waals surface area contributed by atoms with Crippen LogP contribution >= 0.6 is 0 Å². The molecule has 0 radical (unpaired) electrons. The minimum absolute atomic E-state index is 0.858. The zero-order chi connectivity index (χ0) is 19.3. The second-order valence-electron chi connectivity index (χ2n) is 8.83. The normalized spacial score (nSPS) is 11.8. The Kier molecular flexibility index (Phi) is 21.2. The minimum atomic E-state index is 0.858. The van der Waals surface area contributed by atoms with E-state index in [0.717, 1.165) is 38.3 Å². The van der Waals surface area contributed by atoms with Gasteiger partial charge in [-0.2, -0.15) is 0 Å². The van der Waals surface area contributed by atoms with Gasteiger partial charge >= 0.3 is 0 Å². The molecule has 0 saturated carbocycles. The molecule has 0 amide bonds. The Bertz CT molecular complexity index is 225. The van der Waals surface area contributed by atoms with Crippen molar-refractivity contribution in [3.63, 3.8) is 0 Å². The van der Waals surface area contributed by atoms with Gasteiger partial charge in [-0.05, 0) is 37.5 Å². The number of ether oxygens (including phenoxy) is 2. The highest BCUT2D eigenvalue weighted by atomic mass is 16.5. The molecule has 0 unspecified atom stereocenters.